The number of hydrogen-bond donors (Lipinski definition) is 3. The van der Waals surface area contributed by atoms with Crippen molar-refractivity contribution < 1.29 is 67.6 Å². The summed E-state index contributed by atoms with van der Waals surface area (Å²) < 4.78 is 51.0. The van der Waals surface area contributed by atoms with E-state index in [9.17, 15) is 29.7 Å². The summed E-state index contributed by atoms with van der Waals surface area (Å²) in [4.78, 5) is 43.2. The third-order valence-electron chi connectivity index (χ3n) is 13.8. The number of ether oxygens (including phenoxy) is 8. The highest BCUT2D eigenvalue weighted by Crippen LogP contribution is 2.39. The van der Waals surface area contributed by atoms with Gasteiger partial charge < -0.3 is 67.8 Å². The molecule has 0 aliphatic carbocycles. The minimum Gasteiger partial charge on any atom is -0.462 e. The fraction of sp³-hybridized carbons (Fsp3) is 0.854. The maximum atomic E-state index is 13.8. The first kappa shape index (κ1) is 54.3. The lowest BCUT2D eigenvalue weighted by molar-refractivity contribution is -0.342. The summed E-state index contributed by atoms with van der Waals surface area (Å²) in [6.07, 6.45) is -0.942. The molecule has 3 saturated heterocycles. The van der Waals surface area contributed by atoms with Crippen molar-refractivity contribution in [1.29, 1.82) is 0 Å². The number of rotatable bonds is 12. The second-order valence-electron chi connectivity index (χ2n) is 19.8. The third-order valence-corrected chi connectivity index (χ3v) is 13.8. The molecule has 64 heavy (non-hydrogen) atoms. The normalized spacial score (nSPS) is 43.4. The van der Waals surface area contributed by atoms with Crippen LogP contribution < -0.4 is 0 Å². The van der Waals surface area contributed by atoms with Gasteiger partial charge in [0.2, 0.25) is 0 Å². The zero-order valence-corrected chi connectivity index (χ0v) is 41.0. The molecule has 0 amide bonds. The van der Waals surface area contributed by atoms with E-state index in [1.54, 1.807) is 32.8 Å². The Bertz CT molecular complexity index is 1560. The zero-order valence-electron chi connectivity index (χ0n) is 41.0. The molecule has 16 nitrogen and oxygen atoms in total. The molecule has 0 aromatic carbocycles. The molecule has 4 rings (SSSR count). The SMILES string of the molecule is CCC1OC(=O)CC(OC(C)=O)C(C)C(OC2OC(C)C(OC3CC(C)(O)C(O)C(C)O3)C(N(C)C)C2O)C(CC=O)CC(C)C(OC2CCC(N(C)C)C(C)O2)C=CC(C)=CC1C. The highest BCUT2D eigenvalue weighted by molar-refractivity contribution is 5.71. The number of likely N-dealkylation sites (N-methyl/N-ethyl adjacent to an activating group) is 2. The first-order valence-corrected chi connectivity index (χ1v) is 23.5. The van der Waals surface area contributed by atoms with Crippen LogP contribution in [0.25, 0.3) is 0 Å². The lowest BCUT2D eigenvalue weighted by atomic mass is 9.79. The van der Waals surface area contributed by atoms with Crippen LogP contribution in [0.5, 0.6) is 0 Å². The van der Waals surface area contributed by atoms with Crippen LogP contribution in [-0.2, 0) is 52.3 Å². The van der Waals surface area contributed by atoms with E-state index in [0.29, 0.717) is 19.3 Å². The molecule has 0 saturated carbocycles. The van der Waals surface area contributed by atoms with Crippen LogP contribution in [0.15, 0.2) is 23.8 Å². The molecular formula is C48H82N2O14. The van der Waals surface area contributed by atoms with Gasteiger partial charge in [0, 0.05) is 37.6 Å². The second-order valence-corrected chi connectivity index (χ2v) is 19.8. The van der Waals surface area contributed by atoms with Gasteiger partial charge in [-0.3, -0.25) is 9.59 Å². The lowest BCUT2D eigenvalue weighted by Crippen LogP contribution is -2.65. The maximum absolute atomic E-state index is 13.8. The van der Waals surface area contributed by atoms with Crippen LogP contribution >= 0.6 is 0 Å². The van der Waals surface area contributed by atoms with Gasteiger partial charge in [0.25, 0.3) is 0 Å². The van der Waals surface area contributed by atoms with Crippen LogP contribution in [-0.4, -0.2) is 169 Å². The van der Waals surface area contributed by atoms with Crippen molar-refractivity contribution in [3.05, 3.63) is 23.8 Å². The van der Waals surface area contributed by atoms with Crippen molar-refractivity contribution in [3.63, 3.8) is 0 Å². The average molecular weight is 911 g/mol. The van der Waals surface area contributed by atoms with Gasteiger partial charge in [-0.15, -0.1) is 0 Å². The van der Waals surface area contributed by atoms with Crippen molar-refractivity contribution in [1.82, 2.24) is 9.80 Å². The van der Waals surface area contributed by atoms with Gasteiger partial charge in [-0.05, 0) is 100 Å². The molecule has 368 valence electrons. The number of nitrogens with zero attached hydrogens (tertiary/aromatic N) is 2. The molecule has 0 aromatic heterocycles. The van der Waals surface area contributed by atoms with E-state index in [4.69, 9.17) is 37.9 Å². The van der Waals surface area contributed by atoms with Crippen LogP contribution in [0, 0.1) is 23.7 Å². The first-order chi connectivity index (χ1) is 30.0. The van der Waals surface area contributed by atoms with Gasteiger partial charge in [0.15, 0.2) is 18.9 Å². The summed E-state index contributed by atoms with van der Waals surface area (Å²) >= 11 is 0. The van der Waals surface area contributed by atoms with Gasteiger partial charge >= 0.3 is 11.9 Å². The summed E-state index contributed by atoms with van der Waals surface area (Å²) in [6, 6.07) is -0.465. The number of hydrogen-bond acceptors (Lipinski definition) is 16. The number of aliphatic hydroxyl groups is 3. The molecule has 3 N–H and O–H groups in total. The minimum absolute atomic E-state index is 0.0147. The standard InChI is InChI=1S/C48H82N2O14/c1-15-36-27(3)22-26(2)16-18-37(62-40-19-17-35(49(11)12)30(6)57-40)28(4)23-34(20-21-51)44(29(5)38(60-33(9)52)24-39(53)61-36)64-47-43(54)42(50(13)14)45(31(7)59-47)63-41-25-48(10,56)46(55)32(8)58-41/h16,18,21-22,27-32,34-38,40-47,54-56H,15,17,19-20,23-25H2,1-14H3. The number of carbonyl (C=O) groups is 3. The molecule has 0 bridgehead atoms. The fourth-order valence-electron chi connectivity index (χ4n) is 10.2. The Morgan fingerprint density at radius 3 is 2.17 bits per heavy atom. The summed E-state index contributed by atoms with van der Waals surface area (Å²) in [6.45, 7) is 18.1. The molecule has 0 spiro atoms. The Kier molecular flexibility index (Phi) is 20.4. The van der Waals surface area contributed by atoms with E-state index in [-0.39, 0.29) is 43.2 Å². The molecule has 0 radical (unpaired) electrons. The molecule has 20 unspecified atom stereocenters. The number of aliphatic hydroxyl groups excluding tert-OH is 2. The van der Waals surface area contributed by atoms with E-state index in [1.807, 2.05) is 53.9 Å². The van der Waals surface area contributed by atoms with Gasteiger partial charge in [0.05, 0.1) is 48.6 Å². The van der Waals surface area contributed by atoms with Gasteiger partial charge in [-0.25, -0.2) is 0 Å². The Morgan fingerprint density at radius 2 is 1.59 bits per heavy atom. The van der Waals surface area contributed by atoms with E-state index in [2.05, 4.69) is 24.8 Å². The zero-order chi connectivity index (χ0) is 47.8. The molecule has 16 heteroatoms. The molecule has 4 aliphatic rings. The Labute approximate surface area is 382 Å². The second kappa shape index (κ2) is 24.1. The summed E-state index contributed by atoms with van der Waals surface area (Å²) in [7, 11) is 7.69. The molecule has 3 fully saturated rings. The fourth-order valence-corrected chi connectivity index (χ4v) is 10.2. The summed E-state index contributed by atoms with van der Waals surface area (Å²) in [5.74, 6) is -2.75. The Hall–Kier alpha value is -2.35. The molecular weight excluding hydrogens is 829 g/mol. The highest BCUT2D eigenvalue weighted by Gasteiger charge is 2.51. The van der Waals surface area contributed by atoms with Crippen LogP contribution in [0.3, 0.4) is 0 Å². The van der Waals surface area contributed by atoms with E-state index in [1.165, 1.54) is 13.8 Å². The smallest absolute Gasteiger partial charge is 0.309 e. The van der Waals surface area contributed by atoms with Crippen molar-refractivity contribution in [2.45, 2.75) is 212 Å². The number of carbonyl (C=O) groups excluding carboxylic acids is 3. The van der Waals surface area contributed by atoms with Gasteiger partial charge in [-0.2, -0.15) is 0 Å². The Morgan fingerprint density at radius 1 is 0.922 bits per heavy atom. The topological polar surface area (TPSA) is 192 Å². The van der Waals surface area contributed by atoms with Gasteiger partial charge in [0.1, 0.15) is 36.8 Å². The van der Waals surface area contributed by atoms with Crippen molar-refractivity contribution in [3.8, 4) is 0 Å². The van der Waals surface area contributed by atoms with Crippen LogP contribution in [0.4, 0.5) is 0 Å². The summed E-state index contributed by atoms with van der Waals surface area (Å²) in [5, 5.41) is 33.7. The Balaban J connectivity index is 1.75. The van der Waals surface area contributed by atoms with E-state index >= 15 is 0 Å². The minimum atomic E-state index is -1.48. The lowest BCUT2D eigenvalue weighted by Gasteiger charge is -2.50. The van der Waals surface area contributed by atoms with Crippen molar-refractivity contribution in [2.24, 2.45) is 23.7 Å². The first-order valence-electron chi connectivity index (χ1n) is 23.5. The predicted molar refractivity (Wildman–Crippen MR) is 239 cm³/mol. The molecule has 20 atom stereocenters. The maximum Gasteiger partial charge on any atom is 0.309 e. The number of esters is 2. The largest absolute Gasteiger partial charge is 0.462 e. The van der Waals surface area contributed by atoms with Crippen LogP contribution in [0.2, 0.25) is 0 Å². The van der Waals surface area contributed by atoms with Crippen molar-refractivity contribution >= 4 is 18.2 Å². The summed E-state index contributed by atoms with van der Waals surface area (Å²) in [5.41, 5.74) is -0.517. The van der Waals surface area contributed by atoms with Gasteiger partial charge in [-0.1, -0.05) is 51.5 Å². The molecule has 4 heterocycles. The molecule has 0 aromatic rings. The predicted octanol–water partition coefficient (Wildman–Crippen LogP) is 4.54. The molecule has 4 aliphatic heterocycles. The van der Waals surface area contributed by atoms with E-state index < -0.39 is 109 Å². The number of allylic oxidation sites excluding steroid dienone is 2. The highest BCUT2D eigenvalue weighted by atomic mass is 16.7. The number of aldehydes is 1. The average Bonchev–Trinajstić information content (AvgIpc) is 3.19. The quantitative estimate of drug-likeness (QED) is 0.183. The number of cyclic esters (lactones) is 1. The third kappa shape index (κ3) is 14.3. The van der Waals surface area contributed by atoms with E-state index in [0.717, 1.165) is 18.3 Å². The van der Waals surface area contributed by atoms with Crippen LogP contribution in [0.1, 0.15) is 114 Å². The van der Waals surface area contributed by atoms with Crippen molar-refractivity contribution in [2.75, 3.05) is 28.2 Å². The monoisotopic (exact) mass is 911 g/mol.